The highest BCUT2D eigenvalue weighted by atomic mass is 79.9. The monoisotopic (exact) mass is 215 g/mol. The Bertz CT molecular complexity index is 269. The second-order valence-electron chi connectivity index (χ2n) is 2.93. The number of hydrogen-bond acceptors (Lipinski definition) is 2. The molecule has 2 rings (SSSR count). The van der Waals surface area contributed by atoms with Crippen molar-refractivity contribution >= 4 is 15.9 Å². The van der Waals surface area contributed by atoms with Crippen LogP contribution in [0.15, 0.2) is 10.9 Å². The maximum Gasteiger partial charge on any atom is 0.177 e. The fourth-order valence-corrected chi connectivity index (χ4v) is 1.91. The van der Waals surface area contributed by atoms with Crippen molar-refractivity contribution in [2.45, 2.75) is 25.4 Å². The van der Waals surface area contributed by atoms with Gasteiger partial charge < -0.3 is 10.3 Å². The number of nitrogens with zero attached hydrogens (tertiary/aromatic N) is 2. The van der Waals surface area contributed by atoms with Crippen LogP contribution in [0.25, 0.3) is 0 Å². The summed E-state index contributed by atoms with van der Waals surface area (Å²) < 4.78 is 3.04. The lowest BCUT2D eigenvalue weighted by Gasteiger charge is -2.20. The Morgan fingerprint density at radius 1 is 1.73 bits per heavy atom. The van der Waals surface area contributed by atoms with Crippen LogP contribution in [0.2, 0.25) is 0 Å². The molecule has 0 aromatic carbocycles. The van der Waals surface area contributed by atoms with Gasteiger partial charge in [-0.3, -0.25) is 0 Å². The summed E-state index contributed by atoms with van der Waals surface area (Å²) in [5.41, 5.74) is 7.10. The zero-order chi connectivity index (χ0) is 7.84. The lowest BCUT2D eigenvalue weighted by atomic mass is 10.1. The Morgan fingerprint density at radius 3 is 3.36 bits per heavy atom. The number of nitrogens with two attached hydrogens (primary N) is 1. The molecule has 0 saturated heterocycles. The van der Waals surface area contributed by atoms with E-state index in [0.29, 0.717) is 6.04 Å². The second-order valence-corrected chi connectivity index (χ2v) is 3.64. The van der Waals surface area contributed by atoms with E-state index in [1.807, 2.05) is 6.20 Å². The minimum Gasteiger partial charge on any atom is -0.326 e. The molecule has 1 unspecified atom stereocenters. The summed E-state index contributed by atoms with van der Waals surface area (Å²) in [7, 11) is 0. The molecule has 1 atom stereocenters. The summed E-state index contributed by atoms with van der Waals surface area (Å²) in [5, 5.41) is 0. The molecule has 0 bridgehead atoms. The van der Waals surface area contributed by atoms with Crippen LogP contribution in [0.3, 0.4) is 0 Å². The van der Waals surface area contributed by atoms with Crippen LogP contribution in [0, 0.1) is 0 Å². The van der Waals surface area contributed by atoms with E-state index < -0.39 is 0 Å². The van der Waals surface area contributed by atoms with E-state index in [9.17, 15) is 0 Å². The normalized spacial score (nSPS) is 23.3. The van der Waals surface area contributed by atoms with Gasteiger partial charge in [-0.2, -0.15) is 0 Å². The number of halogens is 1. The third kappa shape index (κ3) is 1.20. The third-order valence-electron chi connectivity index (χ3n) is 2.08. The Hall–Kier alpha value is -0.350. The average Bonchev–Trinajstić information content (AvgIpc) is 2.33. The van der Waals surface area contributed by atoms with Gasteiger partial charge in [-0.15, -0.1) is 0 Å². The van der Waals surface area contributed by atoms with Crippen molar-refractivity contribution in [2.75, 3.05) is 0 Å². The molecule has 2 N–H and O–H groups in total. The fraction of sp³-hybridized carbons (Fsp3) is 0.571. The van der Waals surface area contributed by atoms with Gasteiger partial charge in [0, 0.05) is 24.5 Å². The van der Waals surface area contributed by atoms with Crippen LogP contribution in [-0.4, -0.2) is 15.6 Å². The standard InChI is InChI=1S/C7H10BrN3/c8-7-10-3-6-2-1-5(9)4-11(6)7/h3,5H,1-2,4,9H2. The molecule has 1 aliphatic heterocycles. The lowest BCUT2D eigenvalue weighted by Crippen LogP contribution is -2.31. The molecule has 1 aromatic rings. The molecule has 60 valence electrons. The quantitative estimate of drug-likeness (QED) is 0.700. The van der Waals surface area contributed by atoms with Crippen LogP contribution in [0.4, 0.5) is 0 Å². The number of hydrogen-bond donors (Lipinski definition) is 1. The molecule has 0 amide bonds. The first kappa shape index (κ1) is 7.31. The van der Waals surface area contributed by atoms with Crippen LogP contribution in [0.1, 0.15) is 12.1 Å². The first-order valence-corrected chi connectivity index (χ1v) is 4.52. The summed E-state index contributed by atoms with van der Waals surface area (Å²) in [4.78, 5) is 4.16. The Kier molecular flexibility index (Phi) is 1.73. The maximum atomic E-state index is 5.81. The molecule has 0 aliphatic carbocycles. The molecule has 1 aromatic heterocycles. The summed E-state index contributed by atoms with van der Waals surface area (Å²) in [6, 6.07) is 0.299. The Balaban J connectivity index is 2.37. The van der Waals surface area contributed by atoms with Gasteiger partial charge in [0.1, 0.15) is 0 Å². The summed E-state index contributed by atoms with van der Waals surface area (Å²) in [5.74, 6) is 0. The van der Waals surface area contributed by atoms with Crippen molar-refractivity contribution in [1.82, 2.24) is 9.55 Å². The van der Waals surface area contributed by atoms with Gasteiger partial charge in [0.05, 0.1) is 0 Å². The first-order valence-electron chi connectivity index (χ1n) is 3.73. The SMILES string of the molecule is NC1CCc2cnc(Br)n2C1. The number of rotatable bonds is 0. The smallest absolute Gasteiger partial charge is 0.177 e. The van der Waals surface area contributed by atoms with E-state index in [2.05, 4.69) is 25.5 Å². The van der Waals surface area contributed by atoms with Crippen molar-refractivity contribution in [3.8, 4) is 0 Å². The van der Waals surface area contributed by atoms with Crippen LogP contribution < -0.4 is 5.73 Å². The van der Waals surface area contributed by atoms with Gasteiger partial charge in [-0.25, -0.2) is 4.98 Å². The van der Waals surface area contributed by atoms with E-state index in [1.54, 1.807) is 0 Å². The van der Waals surface area contributed by atoms with E-state index in [4.69, 9.17) is 5.73 Å². The van der Waals surface area contributed by atoms with Crippen LogP contribution in [0.5, 0.6) is 0 Å². The highest BCUT2D eigenvalue weighted by molar-refractivity contribution is 9.10. The predicted octanol–water partition coefficient (Wildman–Crippen LogP) is 0.919. The molecular weight excluding hydrogens is 206 g/mol. The lowest BCUT2D eigenvalue weighted by molar-refractivity contribution is 0.455. The van der Waals surface area contributed by atoms with Gasteiger partial charge in [-0.1, -0.05) is 0 Å². The largest absolute Gasteiger partial charge is 0.326 e. The second kappa shape index (κ2) is 2.60. The van der Waals surface area contributed by atoms with E-state index >= 15 is 0 Å². The zero-order valence-electron chi connectivity index (χ0n) is 6.13. The Labute approximate surface area is 73.7 Å². The number of aromatic nitrogens is 2. The number of aryl methyl sites for hydroxylation is 1. The minimum absolute atomic E-state index is 0.299. The molecule has 0 spiro atoms. The molecule has 0 saturated carbocycles. The van der Waals surface area contributed by atoms with Crippen molar-refractivity contribution in [2.24, 2.45) is 5.73 Å². The van der Waals surface area contributed by atoms with Gasteiger partial charge in [0.25, 0.3) is 0 Å². The summed E-state index contributed by atoms with van der Waals surface area (Å²) >= 11 is 3.38. The molecule has 0 fully saturated rings. The number of fused-ring (bicyclic) bond motifs is 1. The van der Waals surface area contributed by atoms with E-state index in [1.165, 1.54) is 5.69 Å². The van der Waals surface area contributed by atoms with E-state index in [0.717, 1.165) is 24.1 Å². The van der Waals surface area contributed by atoms with Crippen molar-refractivity contribution < 1.29 is 0 Å². The third-order valence-corrected chi connectivity index (χ3v) is 2.71. The van der Waals surface area contributed by atoms with Gasteiger partial charge in [0.15, 0.2) is 4.73 Å². The maximum absolute atomic E-state index is 5.81. The van der Waals surface area contributed by atoms with Crippen LogP contribution in [-0.2, 0) is 13.0 Å². The summed E-state index contributed by atoms with van der Waals surface area (Å²) in [6.45, 7) is 0.899. The first-order chi connectivity index (χ1) is 5.27. The highest BCUT2D eigenvalue weighted by Crippen LogP contribution is 2.18. The van der Waals surface area contributed by atoms with Gasteiger partial charge >= 0.3 is 0 Å². The zero-order valence-corrected chi connectivity index (χ0v) is 7.71. The van der Waals surface area contributed by atoms with Crippen molar-refractivity contribution in [1.29, 1.82) is 0 Å². The average molecular weight is 216 g/mol. The molecule has 0 radical (unpaired) electrons. The topological polar surface area (TPSA) is 43.8 Å². The van der Waals surface area contributed by atoms with Crippen molar-refractivity contribution in [3.05, 3.63) is 16.6 Å². The van der Waals surface area contributed by atoms with Gasteiger partial charge in [-0.05, 0) is 28.8 Å². The Morgan fingerprint density at radius 2 is 2.55 bits per heavy atom. The molecule has 11 heavy (non-hydrogen) atoms. The summed E-state index contributed by atoms with van der Waals surface area (Å²) in [6.07, 6.45) is 4.05. The minimum atomic E-state index is 0.299. The molecule has 2 heterocycles. The molecule has 1 aliphatic rings. The highest BCUT2D eigenvalue weighted by Gasteiger charge is 2.16. The van der Waals surface area contributed by atoms with Gasteiger partial charge in [0.2, 0.25) is 0 Å². The molecular formula is C7H10BrN3. The van der Waals surface area contributed by atoms with Crippen molar-refractivity contribution in [3.63, 3.8) is 0 Å². The number of imidazole rings is 1. The fourth-order valence-electron chi connectivity index (χ4n) is 1.44. The van der Waals surface area contributed by atoms with E-state index in [-0.39, 0.29) is 0 Å². The molecule has 4 heteroatoms. The van der Waals surface area contributed by atoms with Crippen LogP contribution >= 0.6 is 15.9 Å². The predicted molar refractivity (Wildman–Crippen MR) is 46.2 cm³/mol. The molecule has 3 nitrogen and oxygen atoms in total.